The monoisotopic (exact) mass is 435 g/mol. The average Bonchev–Trinajstić information content (AvgIpc) is 3.25. The van der Waals surface area contributed by atoms with Gasteiger partial charge in [0, 0.05) is 16.3 Å². The van der Waals surface area contributed by atoms with Gasteiger partial charge in [-0.05, 0) is 75.2 Å². The van der Waals surface area contributed by atoms with Crippen molar-refractivity contribution in [1.29, 1.82) is 0 Å². The van der Waals surface area contributed by atoms with Crippen LogP contribution < -0.4 is 5.32 Å². The summed E-state index contributed by atoms with van der Waals surface area (Å²) in [4.78, 5) is 17.3. The number of carbonyl (C=O) groups excluding carboxylic acids is 1. The Morgan fingerprint density at radius 2 is 1.74 bits per heavy atom. The van der Waals surface area contributed by atoms with Gasteiger partial charge in [0.2, 0.25) is 5.89 Å². The van der Waals surface area contributed by atoms with Crippen LogP contribution in [0.15, 0.2) is 46.9 Å². The molecule has 0 unspecified atom stereocenters. The Labute approximate surface area is 185 Å². The first-order valence-corrected chi connectivity index (χ1v) is 10.2. The molecule has 0 saturated heterocycles. The van der Waals surface area contributed by atoms with Crippen LogP contribution in [0.4, 0.5) is 5.69 Å². The normalized spacial score (nSPS) is 11.0. The zero-order chi connectivity index (χ0) is 22.1. The van der Waals surface area contributed by atoms with E-state index in [1.807, 2.05) is 52.0 Å². The first kappa shape index (κ1) is 20.8. The Hall–Kier alpha value is -3.45. The van der Waals surface area contributed by atoms with Crippen LogP contribution >= 0.6 is 11.6 Å². The fourth-order valence-corrected chi connectivity index (χ4v) is 3.52. The highest BCUT2D eigenvalue weighted by Gasteiger charge is 2.19. The van der Waals surface area contributed by atoms with Gasteiger partial charge in [0.1, 0.15) is 11.5 Å². The summed E-state index contributed by atoms with van der Waals surface area (Å²) in [5.74, 6) is 0.892. The van der Waals surface area contributed by atoms with Crippen LogP contribution in [0.25, 0.3) is 11.5 Å². The SMILES string of the molecule is Cc1cc(C)cc(NC(=O)c2nnn(Cc3nc(-c4ccc(Cl)cc4)oc3C)c2C)c1. The number of hydrogen-bond donors (Lipinski definition) is 1. The van der Waals surface area contributed by atoms with Gasteiger partial charge < -0.3 is 9.73 Å². The van der Waals surface area contributed by atoms with Gasteiger partial charge in [-0.25, -0.2) is 9.67 Å². The van der Waals surface area contributed by atoms with E-state index in [0.29, 0.717) is 28.9 Å². The van der Waals surface area contributed by atoms with Crippen LogP contribution in [0.5, 0.6) is 0 Å². The highest BCUT2D eigenvalue weighted by molar-refractivity contribution is 6.30. The van der Waals surface area contributed by atoms with Crippen molar-refractivity contribution in [2.45, 2.75) is 34.2 Å². The van der Waals surface area contributed by atoms with Gasteiger partial charge in [-0.15, -0.1) is 5.10 Å². The number of halogens is 1. The van der Waals surface area contributed by atoms with Gasteiger partial charge in [-0.2, -0.15) is 0 Å². The lowest BCUT2D eigenvalue weighted by atomic mass is 10.1. The van der Waals surface area contributed by atoms with Crippen molar-refractivity contribution >= 4 is 23.2 Å². The molecule has 2 aromatic heterocycles. The third kappa shape index (κ3) is 4.51. The van der Waals surface area contributed by atoms with Gasteiger partial charge >= 0.3 is 0 Å². The lowest BCUT2D eigenvalue weighted by molar-refractivity contribution is 0.102. The molecular formula is C23H22ClN5O2. The largest absolute Gasteiger partial charge is 0.441 e. The Bertz CT molecular complexity index is 1240. The number of nitrogens with one attached hydrogen (secondary N) is 1. The van der Waals surface area contributed by atoms with Gasteiger partial charge in [0.25, 0.3) is 5.91 Å². The van der Waals surface area contributed by atoms with E-state index in [2.05, 4.69) is 26.7 Å². The molecule has 0 aliphatic carbocycles. The molecule has 158 valence electrons. The fourth-order valence-electron chi connectivity index (χ4n) is 3.39. The zero-order valence-corrected chi connectivity index (χ0v) is 18.5. The summed E-state index contributed by atoms with van der Waals surface area (Å²) >= 11 is 5.95. The number of benzene rings is 2. The van der Waals surface area contributed by atoms with Crippen LogP contribution in [0.2, 0.25) is 5.02 Å². The average molecular weight is 436 g/mol. The Balaban J connectivity index is 1.53. The molecule has 4 rings (SSSR count). The van der Waals surface area contributed by atoms with Crippen molar-refractivity contribution < 1.29 is 9.21 Å². The summed E-state index contributed by atoms with van der Waals surface area (Å²) in [7, 11) is 0. The number of rotatable bonds is 5. The molecule has 1 amide bonds. The molecule has 0 aliphatic rings. The topological polar surface area (TPSA) is 85.8 Å². The quantitative estimate of drug-likeness (QED) is 0.470. The van der Waals surface area contributed by atoms with E-state index in [9.17, 15) is 4.79 Å². The Morgan fingerprint density at radius 1 is 1.06 bits per heavy atom. The second kappa shape index (κ2) is 8.35. The molecule has 8 heteroatoms. The van der Waals surface area contributed by atoms with Crippen molar-refractivity contribution in [2.75, 3.05) is 5.32 Å². The number of oxazole rings is 1. The third-order valence-electron chi connectivity index (χ3n) is 4.96. The highest BCUT2D eigenvalue weighted by atomic mass is 35.5. The molecule has 2 heterocycles. The molecule has 0 radical (unpaired) electrons. The summed E-state index contributed by atoms with van der Waals surface area (Å²) in [6.07, 6.45) is 0. The molecule has 2 aromatic carbocycles. The maximum absolute atomic E-state index is 12.7. The molecule has 0 fully saturated rings. The number of nitrogens with zero attached hydrogens (tertiary/aromatic N) is 4. The fraction of sp³-hybridized carbons (Fsp3) is 0.217. The second-order valence-corrected chi connectivity index (χ2v) is 7.98. The van der Waals surface area contributed by atoms with Crippen molar-refractivity contribution in [3.8, 4) is 11.5 Å². The highest BCUT2D eigenvalue weighted by Crippen LogP contribution is 2.24. The summed E-state index contributed by atoms with van der Waals surface area (Å²) in [5, 5.41) is 11.8. The maximum Gasteiger partial charge on any atom is 0.278 e. The second-order valence-electron chi connectivity index (χ2n) is 7.54. The summed E-state index contributed by atoms with van der Waals surface area (Å²) in [6.45, 7) is 7.98. The lowest BCUT2D eigenvalue weighted by Crippen LogP contribution is -2.14. The van der Waals surface area contributed by atoms with Crippen LogP contribution in [-0.2, 0) is 6.54 Å². The molecule has 0 saturated carbocycles. The van der Waals surface area contributed by atoms with E-state index in [4.69, 9.17) is 16.0 Å². The van der Waals surface area contributed by atoms with Gasteiger partial charge in [0.15, 0.2) is 5.69 Å². The first-order valence-electron chi connectivity index (χ1n) is 9.82. The van der Waals surface area contributed by atoms with Gasteiger partial charge in [0.05, 0.1) is 12.2 Å². The minimum absolute atomic E-state index is 0.276. The molecule has 4 aromatic rings. The predicted octanol–water partition coefficient (Wildman–Crippen LogP) is 5.12. The number of carbonyl (C=O) groups is 1. The van der Waals surface area contributed by atoms with E-state index in [1.165, 1.54) is 0 Å². The molecule has 31 heavy (non-hydrogen) atoms. The Morgan fingerprint density at radius 3 is 2.42 bits per heavy atom. The summed E-state index contributed by atoms with van der Waals surface area (Å²) in [5.41, 5.74) is 5.37. The third-order valence-corrected chi connectivity index (χ3v) is 5.21. The smallest absolute Gasteiger partial charge is 0.278 e. The molecule has 0 spiro atoms. The van der Waals surface area contributed by atoms with Crippen LogP contribution in [0.3, 0.4) is 0 Å². The molecule has 0 atom stereocenters. The summed E-state index contributed by atoms with van der Waals surface area (Å²) in [6, 6.07) is 13.2. The number of amides is 1. The van der Waals surface area contributed by atoms with Crippen molar-refractivity contribution in [2.24, 2.45) is 0 Å². The van der Waals surface area contributed by atoms with Crippen molar-refractivity contribution in [3.05, 3.63) is 81.5 Å². The van der Waals surface area contributed by atoms with E-state index < -0.39 is 0 Å². The molecule has 1 N–H and O–H groups in total. The van der Waals surface area contributed by atoms with E-state index >= 15 is 0 Å². The maximum atomic E-state index is 12.7. The van der Waals surface area contributed by atoms with Crippen LogP contribution in [0.1, 0.15) is 38.8 Å². The lowest BCUT2D eigenvalue weighted by Gasteiger charge is -2.07. The first-order chi connectivity index (χ1) is 14.8. The van der Waals surface area contributed by atoms with Crippen LogP contribution in [0, 0.1) is 27.7 Å². The van der Waals surface area contributed by atoms with E-state index in [0.717, 1.165) is 28.1 Å². The van der Waals surface area contributed by atoms with Gasteiger partial charge in [-0.1, -0.05) is 22.9 Å². The van der Waals surface area contributed by atoms with Crippen molar-refractivity contribution in [1.82, 2.24) is 20.0 Å². The van der Waals surface area contributed by atoms with E-state index in [-0.39, 0.29) is 11.6 Å². The molecule has 0 aliphatic heterocycles. The standard InChI is InChI=1S/C23H22ClN5O2/c1-13-9-14(2)11-19(10-13)25-22(30)21-15(3)29(28-27-21)12-20-16(4)31-23(26-20)17-5-7-18(24)8-6-17/h5-11H,12H2,1-4H3,(H,25,30). The number of anilines is 1. The minimum atomic E-state index is -0.299. The minimum Gasteiger partial charge on any atom is -0.441 e. The zero-order valence-electron chi connectivity index (χ0n) is 17.7. The number of aromatic nitrogens is 4. The molecular weight excluding hydrogens is 414 g/mol. The molecule has 0 bridgehead atoms. The van der Waals surface area contributed by atoms with Gasteiger partial charge in [-0.3, -0.25) is 4.79 Å². The Kier molecular flexibility index (Phi) is 5.61. The van der Waals surface area contributed by atoms with E-state index in [1.54, 1.807) is 16.8 Å². The van der Waals surface area contributed by atoms with Crippen LogP contribution in [-0.4, -0.2) is 25.9 Å². The molecule has 7 nitrogen and oxygen atoms in total. The number of hydrogen-bond acceptors (Lipinski definition) is 5. The number of aryl methyl sites for hydroxylation is 3. The predicted molar refractivity (Wildman–Crippen MR) is 119 cm³/mol. The van der Waals surface area contributed by atoms with Crippen molar-refractivity contribution in [3.63, 3.8) is 0 Å². The summed E-state index contributed by atoms with van der Waals surface area (Å²) < 4.78 is 7.46.